The third kappa shape index (κ3) is 2.61. The number of nitrogens with two attached hydrogens (primary N) is 1. The molecule has 1 aromatic carbocycles. The van der Waals surface area contributed by atoms with Crippen LogP contribution in [-0.2, 0) is 6.18 Å². The summed E-state index contributed by atoms with van der Waals surface area (Å²) in [5, 5.41) is 0. The predicted octanol–water partition coefficient (Wildman–Crippen LogP) is 3.01. The number of aromatic nitrogens is 1. The molecule has 2 rings (SSSR count). The molecular weight excluding hydrogens is 276 g/mol. The van der Waals surface area contributed by atoms with Crippen molar-refractivity contribution in [3.8, 4) is 11.1 Å². The van der Waals surface area contributed by atoms with Crippen LogP contribution in [0.5, 0.6) is 0 Å². The number of hydrogen-bond donors (Lipinski definition) is 1. The van der Waals surface area contributed by atoms with Gasteiger partial charge < -0.3 is 5.73 Å². The van der Waals surface area contributed by atoms with Crippen molar-refractivity contribution in [1.82, 2.24) is 4.98 Å². The highest BCUT2D eigenvalue weighted by atomic mass is 19.4. The Balaban J connectivity index is 2.59. The average molecular weight is 284 g/mol. The molecule has 0 bridgehead atoms. The van der Waals surface area contributed by atoms with E-state index in [2.05, 4.69) is 4.98 Å². The van der Waals surface area contributed by atoms with E-state index < -0.39 is 23.5 Å². The first-order chi connectivity index (χ1) is 9.30. The third-order valence-electron chi connectivity index (χ3n) is 2.63. The van der Waals surface area contributed by atoms with Gasteiger partial charge in [-0.1, -0.05) is 12.1 Å². The Kier molecular flexibility index (Phi) is 3.44. The molecule has 0 aliphatic carbocycles. The van der Waals surface area contributed by atoms with Gasteiger partial charge in [-0.3, -0.25) is 9.78 Å². The molecule has 1 amide bonds. The number of halogens is 4. The van der Waals surface area contributed by atoms with E-state index in [0.29, 0.717) is 6.07 Å². The lowest BCUT2D eigenvalue weighted by atomic mass is 10.0. The predicted molar refractivity (Wildman–Crippen MR) is 63.2 cm³/mol. The summed E-state index contributed by atoms with van der Waals surface area (Å²) in [6.45, 7) is 0. The van der Waals surface area contributed by atoms with E-state index in [4.69, 9.17) is 5.73 Å². The van der Waals surface area contributed by atoms with Crippen molar-refractivity contribution in [2.45, 2.75) is 6.18 Å². The highest BCUT2D eigenvalue weighted by molar-refractivity contribution is 5.92. The molecule has 20 heavy (non-hydrogen) atoms. The summed E-state index contributed by atoms with van der Waals surface area (Å²) in [5.41, 5.74) is 3.32. The van der Waals surface area contributed by atoms with Gasteiger partial charge in [-0.15, -0.1) is 0 Å². The lowest BCUT2D eigenvalue weighted by Gasteiger charge is -2.11. The summed E-state index contributed by atoms with van der Waals surface area (Å²) in [6.07, 6.45) is -3.62. The first-order valence-electron chi connectivity index (χ1n) is 5.42. The van der Waals surface area contributed by atoms with Crippen molar-refractivity contribution in [2.75, 3.05) is 0 Å². The summed E-state index contributed by atoms with van der Waals surface area (Å²) in [5.74, 6) is -2.25. The van der Waals surface area contributed by atoms with Crippen LogP contribution in [-0.4, -0.2) is 10.9 Å². The van der Waals surface area contributed by atoms with Gasteiger partial charge in [0.2, 0.25) is 0 Å². The van der Waals surface area contributed by atoms with Gasteiger partial charge in [0.15, 0.2) is 0 Å². The molecule has 0 radical (unpaired) electrons. The number of carbonyl (C=O) groups is 1. The van der Waals surface area contributed by atoms with Gasteiger partial charge in [-0.05, 0) is 23.8 Å². The van der Waals surface area contributed by atoms with Gasteiger partial charge >= 0.3 is 6.18 Å². The summed E-state index contributed by atoms with van der Waals surface area (Å²) in [6, 6.07) is 5.36. The molecule has 0 fully saturated rings. The van der Waals surface area contributed by atoms with Crippen molar-refractivity contribution >= 4 is 5.91 Å². The maximum absolute atomic E-state index is 13.9. The summed E-state index contributed by atoms with van der Waals surface area (Å²) in [7, 11) is 0. The van der Waals surface area contributed by atoms with Gasteiger partial charge in [0.1, 0.15) is 11.5 Å². The first kappa shape index (κ1) is 14.0. The van der Waals surface area contributed by atoms with Crippen LogP contribution < -0.4 is 5.73 Å². The van der Waals surface area contributed by atoms with E-state index in [1.807, 2.05) is 0 Å². The van der Waals surface area contributed by atoms with E-state index >= 15 is 0 Å². The number of benzene rings is 1. The Morgan fingerprint density at radius 3 is 2.50 bits per heavy atom. The van der Waals surface area contributed by atoms with E-state index in [1.54, 1.807) is 0 Å². The van der Waals surface area contributed by atoms with Crippen LogP contribution in [0.3, 0.4) is 0 Å². The molecule has 0 aliphatic heterocycles. The standard InChI is InChI=1S/C13H8F4N2O/c14-11-8(2-1-3-9(11)13(15,16)17)7-4-5-19-10(6-7)12(18)20/h1-6H,(H2,18,20). The molecule has 1 aromatic heterocycles. The van der Waals surface area contributed by atoms with Crippen LogP contribution >= 0.6 is 0 Å². The molecule has 7 heteroatoms. The van der Waals surface area contributed by atoms with Crippen molar-refractivity contribution in [3.05, 3.63) is 53.6 Å². The van der Waals surface area contributed by atoms with Gasteiger partial charge in [-0.2, -0.15) is 13.2 Å². The van der Waals surface area contributed by atoms with Crippen molar-refractivity contribution in [3.63, 3.8) is 0 Å². The fraction of sp³-hybridized carbons (Fsp3) is 0.0769. The van der Waals surface area contributed by atoms with E-state index in [9.17, 15) is 22.4 Å². The quantitative estimate of drug-likeness (QED) is 0.862. The number of nitrogens with zero attached hydrogens (tertiary/aromatic N) is 1. The van der Waals surface area contributed by atoms with Crippen LogP contribution in [0.2, 0.25) is 0 Å². The third-order valence-corrected chi connectivity index (χ3v) is 2.63. The Morgan fingerprint density at radius 2 is 1.90 bits per heavy atom. The van der Waals surface area contributed by atoms with Gasteiger partial charge in [0.25, 0.3) is 5.91 Å². The first-order valence-corrected chi connectivity index (χ1v) is 5.42. The average Bonchev–Trinajstić information content (AvgIpc) is 2.37. The van der Waals surface area contributed by atoms with Crippen molar-refractivity contribution in [1.29, 1.82) is 0 Å². The minimum absolute atomic E-state index is 0.0948. The van der Waals surface area contributed by atoms with Crippen molar-refractivity contribution < 1.29 is 22.4 Å². The topological polar surface area (TPSA) is 56.0 Å². The fourth-order valence-electron chi connectivity index (χ4n) is 1.71. The monoisotopic (exact) mass is 284 g/mol. The molecule has 0 atom stereocenters. The van der Waals surface area contributed by atoms with E-state index in [1.165, 1.54) is 18.3 Å². The Morgan fingerprint density at radius 1 is 1.20 bits per heavy atom. The number of primary amides is 1. The molecule has 2 aromatic rings. The van der Waals surface area contributed by atoms with Gasteiger partial charge in [0, 0.05) is 11.8 Å². The van der Waals surface area contributed by atoms with E-state index in [-0.39, 0.29) is 16.8 Å². The van der Waals surface area contributed by atoms with Crippen LogP contribution in [0, 0.1) is 5.82 Å². The molecule has 3 nitrogen and oxygen atoms in total. The van der Waals surface area contributed by atoms with Gasteiger partial charge in [-0.25, -0.2) is 4.39 Å². The largest absolute Gasteiger partial charge is 0.419 e. The number of pyridine rings is 1. The minimum Gasteiger partial charge on any atom is -0.364 e. The maximum atomic E-state index is 13.9. The molecule has 104 valence electrons. The van der Waals surface area contributed by atoms with Crippen LogP contribution in [0.4, 0.5) is 17.6 Å². The summed E-state index contributed by atoms with van der Waals surface area (Å²) < 4.78 is 51.8. The number of alkyl halides is 3. The lowest BCUT2D eigenvalue weighted by Crippen LogP contribution is -2.13. The smallest absolute Gasteiger partial charge is 0.364 e. The highest BCUT2D eigenvalue weighted by Crippen LogP contribution is 2.35. The second kappa shape index (κ2) is 4.92. The normalized spacial score (nSPS) is 11.4. The minimum atomic E-state index is -4.79. The Hall–Kier alpha value is -2.44. The van der Waals surface area contributed by atoms with Crippen LogP contribution in [0.1, 0.15) is 16.1 Å². The zero-order valence-electron chi connectivity index (χ0n) is 9.91. The molecule has 2 N–H and O–H groups in total. The highest BCUT2D eigenvalue weighted by Gasteiger charge is 2.34. The second-order valence-electron chi connectivity index (χ2n) is 3.96. The summed E-state index contributed by atoms with van der Waals surface area (Å²) >= 11 is 0. The van der Waals surface area contributed by atoms with Crippen molar-refractivity contribution in [2.24, 2.45) is 5.73 Å². The fourth-order valence-corrected chi connectivity index (χ4v) is 1.71. The van der Waals surface area contributed by atoms with E-state index in [0.717, 1.165) is 12.1 Å². The molecule has 0 unspecified atom stereocenters. The lowest BCUT2D eigenvalue weighted by molar-refractivity contribution is -0.139. The SMILES string of the molecule is NC(=O)c1cc(-c2cccc(C(F)(F)F)c2F)ccn1. The van der Waals surface area contributed by atoms with Crippen LogP contribution in [0.25, 0.3) is 11.1 Å². The number of hydrogen-bond acceptors (Lipinski definition) is 2. The Labute approximate surface area is 111 Å². The number of carbonyl (C=O) groups excluding carboxylic acids is 1. The zero-order chi connectivity index (χ0) is 14.9. The zero-order valence-corrected chi connectivity index (χ0v) is 9.91. The maximum Gasteiger partial charge on any atom is 0.419 e. The molecule has 1 heterocycles. The molecule has 0 saturated carbocycles. The molecule has 0 saturated heterocycles. The summed E-state index contributed by atoms with van der Waals surface area (Å²) in [4.78, 5) is 14.6. The number of rotatable bonds is 2. The molecule has 0 aliphatic rings. The molecule has 0 spiro atoms. The molecular formula is C13H8F4N2O. The number of amides is 1. The van der Waals surface area contributed by atoms with Crippen LogP contribution in [0.15, 0.2) is 36.5 Å². The van der Waals surface area contributed by atoms with Gasteiger partial charge in [0.05, 0.1) is 5.56 Å². The second-order valence-corrected chi connectivity index (χ2v) is 3.96. The Bertz CT molecular complexity index is 668.